The Bertz CT molecular complexity index is 549. The van der Waals surface area contributed by atoms with Crippen molar-refractivity contribution < 1.29 is 0 Å². The first kappa shape index (κ1) is 14.8. The summed E-state index contributed by atoms with van der Waals surface area (Å²) in [6.07, 6.45) is 2.37. The summed E-state index contributed by atoms with van der Waals surface area (Å²) in [5.41, 5.74) is 3.08. The van der Waals surface area contributed by atoms with E-state index in [2.05, 4.69) is 53.5 Å². The molecule has 1 aromatic heterocycles. The van der Waals surface area contributed by atoms with Crippen LogP contribution in [0.4, 0.5) is 0 Å². The maximum absolute atomic E-state index is 3.40. The Labute approximate surface area is 131 Å². The van der Waals surface area contributed by atoms with Gasteiger partial charge in [-0.2, -0.15) is 0 Å². The first-order valence-electron chi connectivity index (χ1n) is 7.92. The lowest BCUT2D eigenvalue weighted by Crippen LogP contribution is -2.25. The fourth-order valence-electron chi connectivity index (χ4n) is 2.94. The second-order valence-electron chi connectivity index (χ2n) is 5.69. The van der Waals surface area contributed by atoms with Crippen molar-refractivity contribution >= 4 is 11.3 Å². The molecule has 0 radical (unpaired) electrons. The van der Waals surface area contributed by atoms with E-state index in [1.54, 1.807) is 11.1 Å². The molecule has 0 saturated carbocycles. The summed E-state index contributed by atoms with van der Waals surface area (Å²) < 4.78 is 0. The molecule has 3 heteroatoms. The van der Waals surface area contributed by atoms with Crippen LogP contribution in [0.1, 0.15) is 27.8 Å². The van der Waals surface area contributed by atoms with E-state index in [1.165, 1.54) is 35.7 Å². The van der Waals surface area contributed by atoms with E-state index in [0.29, 0.717) is 0 Å². The molecule has 1 aliphatic heterocycles. The maximum atomic E-state index is 3.40. The first-order chi connectivity index (χ1) is 10.3. The fraction of sp³-hybridized carbons (Fsp3) is 0.444. The minimum absolute atomic E-state index is 1.01. The van der Waals surface area contributed by atoms with Gasteiger partial charge in [0.1, 0.15) is 0 Å². The van der Waals surface area contributed by atoms with Crippen LogP contribution in [0.3, 0.4) is 0 Å². The average Bonchev–Trinajstić information content (AvgIpc) is 2.86. The second kappa shape index (κ2) is 7.21. The largest absolute Gasteiger partial charge is 0.312 e. The maximum Gasteiger partial charge on any atom is 0.0328 e. The Kier molecular flexibility index (Phi) is 5.07. The number of rotatable bonds is 5. The summed E-state index contributed by atoms with van der Waals surface area (Å²) in [6.45, 7) is 7.66. The molecule has 1 aliphatic rings. The number of fused-ring (bicyclic) bond motifs is 1. The van der Waals surface area contributed by atoms with Gasteiger partial charge in [-0.25, -0.2) is 0 Å². The Morgan fingerprint density at radius 2 is 1.67 bits per heavy atom. The number of benzene rings is 1. The molecule has 21 heavy (non-hydrogen) atoms. The Hall–Kier alpha value is -1.16. The molecule has 0 bridgehead atoms. The van der Waals surface area contributed by atoms with Crippen molar-refractivity contribution in [1.82, 2.24) is 10.2 Å². The number of hydrogen-bond acceptors (Lipinski definition) is 3. The van der Waals surface area contributed by atoms with Crippen molar-refractivity contribution in [1.29, 1.82) is 0 Å². The Balaban J connectivity index is 1.58. The monoisotopic (exact) mass is 300 g/mol. The van der Waals surface area contributed by atoms with E-state index >= 15 is 0 Å². The van der Waals surface area contributed by atoms with Crippen LogP contribution < -0.4 is 5.32 Å². The van der Waals surface area contributed by atoms with Crippen molar-refractivity contribution in [3.8, 4) is 0 Å². The molecule has 0 aliphatic carbocycles. The van der Waals surface area contributed by atoms with Crippen molar-refractivity contribution in [2.75, 3.05) is 19.6 Å². The minimum atomic E-state index is 1.01. The zero-order chi connectivity index (χ0) is 14.5. The van der Waals surface area contributed by atoms with Gasteiger partial charge in [0.05, 0.1) is 0 Å². The fourth-order valence-corrected chi connectivity index (χ4v) is 3.97. The van der Waals surface area contributed by atoms with Gasteiger partial charge < -0.3 is 5.32 Å². The summed E-state index contributed by atoms with van der Waals surface area (Å²) in [5.74, 6) is 0. The standard InChI is InChI=1S/C18H24N2S/c1-2-19-13-17-7-8-18(21-17)14-20-11-9-15-5-3-4-6-16(15)10-12-20/h3-8,19H,2,9-14H2,1H3. The van der Waals surface area contributed by atoms with Crippen LogP contribution in [0.2, 0.25) is 0 Å². The van der Waals surface area contributed by atoms with Crippen molar-refractivity contribution in [3.63, 3.8) is 0 Å². The smallest absolute Gasteiger partial charge is 0.0328 e. The highest BCUT2D eigenvalue weighted by Crippen LogP contribution is 2.21. The van der Waals surface area contributed by atoms with Gasteiger partial charge in [-0.05, 0) is 42.6 Å². The molecule has 112 valence electrons. The molecular weight excluding hydrogens is 276 g/mol. The van der Waals surface area contributed by atoms with Gasteiger partial charge in [0.15, 0.2) is 0 Å². The van der Waals surface area contributed by atoms with Crippen LogP contribution >= 0.6 is 11.3 Å². The lowest BCUT2D eigenvalue weighted by molar-refractivity contribution is 0.282. The normalized spacial score (nSPS) is 15.7. The van der Waals surface area contributed by atoms with Gasteiger partial charge in [-0.1, -0.05) is 31.2 Å². The highest BCUT2D eigenvalue weighted by Gasteiger charge is 2.14. The van der Waals surface area contributed by atoms with Gasteiger partial charge in [-0.3, -0.25) is 4.90 Å². The summed E-state index contributed by atoms with van der Waals surface area (Å²) >= 11 is 1.95. The zero-order valence-corrected chi connectivity index (χ0v) is 13.6. The van der Waals surface area contributed by atoms with Crippen LogP contribution in [0, 0.1) is 0 Å². The van der Waals surface area contributed by atoms with E-state index in [1.807, 2.05) is 11.3 Å². The molecule has 2 heterocycles. The topological polar surface area (TPSA) is 15.3 Å². The minimum Gasteiger partial charge on any atom is -0.312 e. The molecular formula is C18H24N2S. The van der Waals surface area contributed by atoms with Crippen molar-refractivity contribution in [3.05, 3.63) is 57.3 Å². The van der Waals surface area contributed by atoms with Gasteiger partial charge in [0.2, 0.25) is 0 Å². The zero-order valence-electron chi connectivity index (χ0n) is 12.8. The molecule has 0 spiro atoms. The second-order valence-corrected chi connectivity index (χ2v) is 6.95. The third-order valence-electron chi connectivity index (χ3n) is 4.16. The van der Waals surface area contributed by atoms with E-state index in [0.717, 1.165) is 19.6 Å². The molecule has 0 amide bonds. The molecule has 1 aromatic carbocycles. The predicted octanol–water partition coefficient (Wildman–Crippen LogP) is 3.46. The summed E-state index contributed by atoms with van der Waals surface area (Å²) in [4.78, 5) is 5.54. The Morgan fingerprint density at radius 1 is 1.00 bits per heavy atom. The molecule has 0 saturated heterocycles. The van der Waals surface area contributed by atoms with E-state index < -0.39 is 0 Å². The van der Waals surface area contributed by atoms with Crippen LogP contribution in [-0.2, 0) is 25.9 Å². The molecule has 1 N–H and O–H groups in total. The van der Waals surface area contributed by atoms with E-state index in [4.69, 9.17) is 0 Å². The lowest BCUT2D eigenvalue weighted by Gasteiger charge is -2.18. The number of nitrogens with one attached hydrogen (secondary N) is 1. The third-order valence-corrected chi connectivity index (χ3v) is 5.23. The molecule has 2 aromatic rings. The van der Waals surface area contributed by atoms with Crippen LogP contribution in [0.15, 0.2) is 36.4 Å². The number of nitrogens with zero attached hydrogens (tertiary/aromatic N) is 1. The van der Waals surface area contributed by atoms with Crippen LogP contribution in [0.25, 0.3) is 0 Å². The van der Waals surface area contributed by atoms with Gasteiger partial charge in [0, 0.05) is 35.9 Å². The van der Waals surface area contributed by atoms with Crippen LogP contribution in [0.5, 0.6) is 0 Å². The number of hydrogen-bond donors (Lipinski definition) is 1. The van der Waals surface area contributed by atoms with Crippen LogP contribution in [-0.4, -0.2) is 24.5 Å². The first-order valence-corrected chi connectivity index (χ1v) is 8.74. The van der Waals surface area contributed by atoms with Gasteiger partial charge in [0.25, 0.3) is 0 Å². The summed E-state index contributed by atoms with van der Waals surface area (Å²) in [5, 5.41) is 3.40. The molecule has 0 atom stereocenters. The van der Waals surface area contributed by atoms with E-state index in [9.17, 15) is 0 Å². The molecule has 2 nitrogen and oxygen atoms in total. The quantitative estimate of drug-likeness (QED) is 0.910. The van der Waals surface area contributed by atoms with Gasteiger partial charge in [-0.15, -0.1) is 11.3 Å². The Morgan fingerprint density at radius 3 is 2.33 bits per heavy atom. The summed E-state index contributed by atoms with van der Waals surface area (Å²) in [6, 6.07) is 13.5. The lowest BCUT2D eigenvalue weighted by atomic mass is 10.0. The molecule has 3 rings (SSSR count). The summed E-state index contributed by atoms with van der Waals surface area (Å²) in [7, 11) is 0. The average molecular weight is 300 g/mol. The molecule has 0 fully saturated rings. The third kappa shape index (κ3) is 3.94. The molecule has 0 unspecified atom stereocenters. The van der Waals surface area contributed by atoms with Gasteiger partial charge >= 0.3 is 0 Å². The number of thiophene rings is 1. The predicted molar refractivity (Wildman–Crippen MR) is 90.8 cm³/mol. The SMILES string of the molecule is CCNCc1ccc(CN2CCc3ccccc3CC2)s1. The van der Waals surface area contributed by atoms with Crippen molar-refractivity contribution in [2.24, 2.45) is 0 Å². The van der Waals surface area contributed by atoms with E-state index in [-0.39, 0.29) is 0 Å². The highest BCUT2D eigenvalue weighted by atomic mass is 32.1. The van der Waals surface area contributed by atoms with Crippen molar-refractivity contribution in [2.45, 2.75) is 32.9 Å². The highest BCUT2D eigenvalue weighted by molar-refractivity contribution is 7.11.